The van der Waals surface area contributed by atoms with E-state index in [2.05, 4.69) is 5.32 Å². The van der Waals surface area contributed by atoms with Gasteiger partial charge >= 0.3 is 6.03 Å². The molecule has 1 heterocycles. The number of amides is 2. The number of nitrogens with zero attached hydrogens (tertiary/aromatic N) is 1. The van der Waals surface area contributed by atoms with Crippen LogP contribution in [0.5, 0.6) is 5.75 Å². The summed E-state index contributed by atoms with van der Waals surface area (Å²) in [6.07, 6.45) is 0. The van der Waals surface area contributed by atoms with Crippen LogP contribution in [0.3, 0.4) is 0 Å². The summed E-state index contributed by atoms with van der Waals surface area (Å²) in [7, 11) is 0. The van der Waals surface area contributed by atoms with Crippen molar-refractivity contribution in [1.82, 2.24) is 10.2 Å². The monoisotopic (exact) mass is 236 g/mol. The highest BCUT2D eigenvalue weighted by Crippen LogP contribution is 2.12. The molecule has 0 radical (unpaired) electrons. The number of hydrogen-bond acceptors (Lipinski definition) is 3. The van der Waals surface area contributed by atoms with E-state index >= 15 is 0 Å². The summed E-state index contributed by atoms with van der Waals surface area (Å²) in [4.78, 5) is 13.0. The van der Waals surface area contributed by atoms with Crippen molar-refractivity contribution >= 4 is 6.03 Å². The molecule has 2 N–H and O–H groups in total. The fourth-order valence-corrected chi connectivity index (χ4v) is 1.69. The van der Waals surface area contributed by atoms with Crippen molar-refractivity contribution in [2.45, 2.75) is 6.61 Å². The van der Waals surface area contributed by atoms with Gasteiger partial charge in [0.1, 0.15) is 12.4 Å². The third-order valence-electron chi connectivity index (χ3n) is 2.68. The SMILES string of the molecule is O=C1NCCN1CCOc1ccc(CO)cc1. The maximum Gasteiger partial charge on any atom is 0.317 e. The molecule has 1 aromatic carbocycles. The van der Waals surface area contributed by atoms with Crippen LogP contribution >= 0.6 is 0 Å². The van der Waals surface area contributed by atoms with Gasteiger partial charge in [0.2, 0.25) is 0 Å². The van der Waals surface area contributed by atoms with Gasteiger partial charge in [0.15, 0.2) is 0 Å². The van der Waals surface area contributed by atoms with Crippen LogP contribution in [0.15, 0.2) is 24.3 Å². The average molecular weight is 236 g/mol. The first-order valence-electron chi connectivity index (χ1n) is 5.65. The highest BCUT2D eigenvalue weighted by molar-refractivity contribution is 5.76. The lowest BCUT2D eigenvalue weighted by atomic mass is 10.2. The first-order valence-corrected chi connectivity index (χ1v) is 5.65. The van der Waals surface area contributed by atoms with Crippen LogP contribution in [0.1, 0.15) is 5.56 Å². The van der Waals surface area contributed by atoms with Crippen LogP contribution in [0.4, 0.5) is 4.79 Å². The molecule has 1 aliphatic rings. The van der Waals surface area contributed by atoms with Crippen molar-refractivity contribution in [2.24, 2.45) is 0 Å². The fourth-order valence-electron chi connectivity index (χ4n) is 1.69. The standard InChI is InChI=1S/C12H16N2O3/c15-9-10-1-3-11(4-2-10)17-8-7-14-6-5-13-12(14)16/h1-4,15H,5-9H2,(H,13,16). The van der Waals surface area contributed by atoms with Crippen molar-refractivity contribution in [3.63, 3.8) is 0 Å². The average Bonchev–Trinajstić information content (AvgIpc) is 2.76. The highest BCUT2D eigenvalue weighted by Gasteiger charge is 2.18. The summed E-state index contributed by atoms with van der Waals surface area (Å²) in [6, 6.07) is 7.24. The molecule has 0 aliphatic carbocycles. The molecule has 1 aromatic rings. The van der Waals surface area contributed by atoms with Gasteiger partial charge < -0.3 is 20.1 Å². The van der Waals surface area contributed by atoms with Crippen molar-refractivity contribution in [3.05, 3.63) is 29.8 Å². The van der Waals surface area contributed by atoms with Gasteiger partial charge in [-0.3, -0.25) is 0 Å². The maximum atomic E-state index is 11.2. The van der Waals surface area contributed by atoms with E-state index in [1.54, 1.807) is 4.90 Å². The molecule has 1 saturated heterocycles. The largest absolute Gasteiger partial charge is 0.492 e. The van der Waals surface area contributed by atoms with Gasteiger partial charge in [0.05, 0.1) is 13.2 Å². The second-order valence-corrected chi connectivity index (χ2v) is 3.87. The third kappa shape index (κ3) is 3.10. The molecule has 0 unspecified atom stereocenters. The topological polar surface area (TPSA) is 61.8 Å². The Hall–Kier alpha value is -1.75. The minimum atomic E-state index is -0.0239. The molecule has 0 aromatic heterocycles. The van der Waals surface area contributed by atoms with Gasteiger partial charge in [-0.2, -0.15) is 0 Å². The fraction of sp³-hybridized carbons (Fsp3) is 0.417. The molecule has 0 saturated carbocycles. The molecule has 0 bridgehead atoms. The van der Waals surface area contributed by atoms with E-state index in [9.17, 15) is 4.79 Å². The van der Waals surface area contributed by atoms with E-state index in [0.29, 0.717) is 19.7 Å². The molecule has 2 rings (SSSR count). The number of rotatable bonds is 5. The summed E-state index contributed by atoms with van der Waals surface area (Å²) >= 11 is 0. The van der Waals surface area contributed by atoms with Crippen LogP contribution in [-0.4, -0.2) is 42.3 Å². The minimum absolute atomic E-state index is 0.0239. The van der Waals surface area contributed by atoms with E-state index < -0.39 is 0 Å². The lowest BCUT2D eigenvalue weighted by Crippen LogP contribution is -2.31. The summed E-state index contributed by atoms with van der Waals surface area (Å²) < 4.78 is 5.51. The number of nitrogens with one attached hydrogen (secondary N) is 1. The predicted molar refractivity (Wildman–Crippen MR) is 62.8 cm³/mol. The van der Waals surface area contributed by atoms with Gasteiger partial charge in [-0.1, -0.05) is 12.1 Å². The number of urea groups is 1. The number of carbonyl (C=O) groups excluding carboxylic acids is 1. The number of benzene rings is 1. The minimum Gasteiger partial charge on any atom is -0.492 e. The van der Waals surface area contributed by atoms with Gasteiger partial charge in [-0.25, -0.2) is 4.79 Å². The normalized spacial score (nSPS) is 14.9. The molecule has 92 valence electrons. The maximum absolute atomic E-state index is 11.2. The number of aliphatic hydroxyl groups is 1. The zero-order chi connectivity index (χ0) is 12.1. The molecular formula is C12H16N2O3. The quantitative estimate of drug-likeness (QED) is 0.786. The summed E-state index contributed by atoms with van der Waals surface area (Å²) in [5, 5.41) is 11.6. The number of hydrogen-bond donors (Lipinski definition) is 2. The Morgan fingerprint density at radius 1 is 1.35 bits per heavy atom. The second kappa shape index (κ2) is 5.54. The Morgan fingerprint density at radius 3 is 2.71 bits per heavy atom. The van der Waals surface area contributed by atoms with Gasteiger partial charge in [0.25, 0.3) is 0 Å². The smallest absolute Gasteiger partial charge is 0.317 e. The molecule has 1 aliphatic heterocycles. The van der Waals surface area contributed by atoms with Gasteiger partial charge in [0, 0.05) is 13.1 Å². The molecule has 17 heavy (non-hydrogen) atoms. The zero-order valence-corrected chi connectivity index (χ0v) is 9.56. The van der Waals surface area contributed by atoms with E-state index in [4.69, 9.17) is 9.84 Å². The Balaban J connectivity index is 1.75. The van der Waals surface area contributed by atoms with E-state index in [1.165, 1.54) is 0 Å². The van der Waals surface area contributed by atoms with Crippen LogP contribution in [0.25, 0.3) is 0 Å². The van der Waals surface area contributed by atoms with Crippen molar-refractivity contribution in [2.75, 3.05) is 26.2 Å². The molecule has 1 fully saturated rings. The van der Waals surface area contributed by atoms with Gasteiger partial charge in [-0.05, 0) is 17.7 Å². The van der Waals surface area contributed by atoms with E-state index in [-0.39, 0.29) is 12.6 Å². The van der Waals surface area contributed by atoms with E-state index in [0.717, 1.165) is 17.9 Å². The van der Waals surface area contributed by atoms with Crippen LogP contribution in [-0.2, 0) is 6.61 Å². The zero-order valence-electron chi connectivity index (χ0n) is 9.56. The van der Waals surface area contributed by atoms with Crippen LogP contribution in [0, 0.1) is 0 Å². The summed E-state index contributed by atoms with van der Waals surface area (Å²) in [5.41, 5.74) is 0.858. The Bertz CT molecular complexity index is 378. The first-order chi connectivity index (χ1) is 8.29. The molecule has 5 heteroatoms. The molecular weight excluding hydrogens is 220 g/mol. The molecule has 0 atom stereocenters. The molecule has 0 spiro atoms. The lowest BCUT2D eigenvalue weighted by Gasteiger charge is -2.14. The number of carbonyl (C=O) groups is 1. The summed E-state index contributed by atoms with van der Waals surface area (Å²) in [5.74, 6) is 0.752. The van der Waals surface area contributed by atoms with Crippen LogP contribution in [0.2, 0.25) is 0 Å². The van der Waals surface area contributed by atoms with Crippen molar-refractivity contribution in [1.29, 1.82) is 0 Å². The number of aliphatic hydroxyl groups excluding tert-OH is 1. The number of ether oxygens (including phenoxy) is 1. The summed E-state index contributed by atoms with van der Waals surface area (Å²) in [6.45, 7) is 2.56. The Labute approximate surface area is 100.0 Å². The Morgan fingerprint density at radius 2 is 2.12 bits per heavy atom. The van der Waals surface area contributed by atoms with Crippen molar-refractivity contribution < 1.29 is 14.6 Å². The molecule has 2 amide bonds. The van der Waals surface area contributed by atoms with Gasteiger partial charge in [-0.15, -0.1) is 0 Å². The third-order valence-corrected chi connectivity index (χ3v) is 2.68. The van der Waals surface area contributed by atoms with Crippen molar-refractivity contribution in [3.8, 4) is 5.75 Å². The Kier molecular flexibility index (Phi) is 3.82. The second-order valence-electron chi connectivity index (χ2n) is 3.87. The first kappa shape index (κ1) is 11.7. The van der Waals surface area contributed by atoms with Crippen LogP contribution < -0.4 is 10.1 Å². The molecule has 5 nitrogen and oxygen atoms in total. The predicted octanol–water partition coefficient (Wildman–Crippen LogP) is 0.583. The highest BCUT2D eigenvalue weighted by atomic mass is 16.5. The van der Waals surface area contributed by atoms with E-state index in [1.807, 2.05) is 24.3 Å². The lowest BCUT2D eigenvalue weighted by molar-refractivity contribution is 0.202.